The van der Waals surface area contributed by atoms with Crippen LogP contribution in [0.2, 0.25) is 0 Å². The third-order valence-electron chi connectivity index (χ3n) is 2.85. The van der Waals surface area contributed by atoms with Gasteiger partial charge in [-0.1, -0.05) is 38.8 Å². The molecule has 0 aliphatic rings. The summed E-state index contributed by atoms with van der Waals surface area (Å²) in [6.07, 6.45) is 3.41. The van der Waals surface area contributed by atoms with Gasteiger partial charge >= 0.3 is 0 Å². The number of hydrogen-bond donors (Lipinski definition) is 2. The normalized spacial score (nSPS) is 12.9. The molecule has 3 N–H and O–H groups in total. The predicted molar refractivity (Wildman–Crippen MR) is 76.9 cm³/mol. The Morgan fingerprint density at radius 3 is 2.61 bits per heavy atom. The third-order valence-corrected chi connectivity index (χ3v) is 4.06. The summed E-state index contributed by atoms with van der Waals surface area (Å²) < 4.78 is 13.4. The van der Waals surface area contributed by atoms with Crippen LogP contribution in [0, 0.1) is 11.7 Å². The lowest BCUT2D eigenvalue weighted by Crippen LogP contribution is -2.37. The van der Waals surface area contributed by atoms with E-state index in [-0.39, 0.29) is 11.9 Å². The summed E-state index contributed by atoms with van der Waals surface area (Å²) in [6, 6.07) is 7.11. The maximum absolute atomic E-state index is 13.4. The van der Waals surface area contributed by atoms with Crippen molar-refractivity contribution in [3.63, 3.8) is 0 Å². The highest BCUT2D eigenvalue weighted by Crippen LogP contribution is 2.23. The molecule has 1 atom stereocenters. The van der Waals surface area contributed by atoms with E-state index in [1.165, 1.54) is 24.2 Å². The van der Waals surface area contributed by atoms with E-state index in [2.05, 4.69) is 19.3 Å². The van der Waals surface area contributed by atoms with Gasteiger partial charge in [0.15, 0.2) is 0 Å². The van der Waals surface area contributed by atoms with E-state index in [1.807, 2.05) is 12.1 Å². The topological polar surface area (TPSA) is 38.0 Å². The minimum Gasteiger partial charge on any atom is -0.271 e. The second kappa shape index (κ2) is 8.51. The molecular weight excluding hydrogens is 247 g/mol. The molecule has 0 saturated heterocycles. The van der Waals surface area contributed by atoms with Crippen molar-refractivity contribution in [1.29, 1.82) is 0 Å². The first-order chi connectivity index (χ1) is 8.63. The Balaban J connectivity index is 2.33. The molecule has 0 aliphatic heterocycles. The molecule has 0 saturated carbocycles. The Hall–Kier alpha value is -0.580. The Kier molecular flexibility index (Phi) is 7.32. The summed E-state index contributed by atoms with van der Waals surface area (Å²) in [7, 11) is 0. The quantitative estimate of drug-likeness (QED) is 0.431. The van der Waals surface area contributed by atoms with Gasteiger partial charge in [-0.05, 0) is 24.5 Å². The van der Waals surface area contributed by atoms with Crippen LogP contribution in [0.25, 0.3) is 0 Å². The fourth-order valence-electron chi connectivity index (χ4n) is 1.74. The van der Waals surface area contributed by atoms with Gasteiger partial charge in [0.05, 0.1) is 0 Å². The van der Waals surface area contributed by atoms with Crippen molar-refractivity contribution in [1.82, 2.24) is 5.43 Å². The van der Waals surface area contributed by atoms with Crippen molar-refractivity contribution in [3.05, 3.63) is 30.1 Å². The zero-order chi connectivity index (χ0) is 13.4. The lowest BCUT2D eigenvalue weighted by atomic mass is 10.0. The number of benzene rings is 1. The fourth-order valence-corrected chi connectivity index (χ4v) is 2.76. The van der Waals surface area contributed by atoms with Gasteiger partial charge in [0.25, 0.3) is 0 Å². The highest BCUT2D eigenvalue weighted by Gasteiger charge is 2.09. The Morgan fingerprint density at radius 1 is 1.28 bits per heavy atom. The molecule has 1 unspecified atom stereocenters. The highest BCUT2D eigenvalue weighted by atomic mass is 32.2. The van der Waals surface area contributed by atoms with Gasteiger partial charge in [0, 0.05) is 16.7 Å². The van der Waals surface area contributed by atoms with Gasteiger partial charge in [0.2, 0.25) is 0 Å². The molecule has 0 fully saturated rings. The van der Waals surface area contributed by atoms with Crippen LogP contribution < -0.4 is 11.3 Å². The summed E-state index contributed by atoms with van der Waals surface area (Å²) in [4.78, 5) is 0.696. The molecule has 0 aromatic heterocycles. The minimum absolute atomic E-state index is 0.152. The van der Waals surface area contributed by atoms with E-state index in [0.717, 1.165) is 24.5 Å². The molecular formula is C14H23FN2S. The monoisotopic (exact) mass is 270 g/mol. The largest absolute Gasteiger partial charge is 0.271 e. The second-order valence-electron chi connectivity index (χ2n) is 4.93. The minimum atomic E-state index is -0.152. The summed E-state index contributed by atoms with van der Waals surface area (Å²) in [5, 5.41) is 0. The zero-order valence-electron chi connectivity index (χ0n) is 11.2. The van der Waals surface area contributed by atoms with Gasteiger partial charge in [-0.15, -0.1) is 11.8 Å². The van der Waals surface area contributed by atoms with Gasteiger partial charge in [-0.25, -0.2) is 4.39 Å². The van der Waals surface area contributed by atoms with Crippen molar-refractivity contribution < 1.29 is 4.39 Å². The van der Waals surface area contributed by atoms with Crippen LogP contribution in [-0.4, -0.2) is 11.8 Å². The number of nitrogens with one attached hydrogen (secondary N) is 1. The molecule has 2 nitrogen and oxygen atoms in total. The molecule has 1 aromatic carbocycles. The lowest BCUT2D eigenvalue weighted by Gasteiger charge is -2.16. The molecule has 0 heterocycles. The van der Waals surface area contributed by atoms with Crippen molar-refractivity contribution in [3.8, 4) is 0 Å². The molecule has 0 spiro atoms. The first-order valence-corrected chi connectivity index (χ1v) is 7.45. The number of halogens is 1. The van der Waals surface area contributed by atoms with E-state index >= 15 is 0 Å². The molecule has 18 heavy (non-hydrogen) atoms. The fraction of sp³-hybridized carbons (Fsp3) is 0.571. The number of nitrogens with two attached hydrogens (primary N) is 1. The van der Waals surface area contributed by atoms with Gasteiger partial charge in [0.1, 0.15) is 5.82 Å². The van der Waals surface area contributed by atoms with Crippen LogP contribution in [0.4, 0.5) is 4.39 Å². The molecule has 0 bridgehead atoms. The standard InChI is InChI=1S/C14H23FN2S/c1-11(2)6-5-7-12(17-16)10-18-14-9-4-3-8-13(14)15/h3-4,8-9,11-12,17H,5-7,10,16H2,1-2H3. The number of hydrazine groups is 1. The Bertz CT molecular complexity index is 344. The van der Waals surface area contributed by atoms with Crippen LogP contribution in [-0.2, 0) is 0 Å². The number of thioether (sulfide) groups is 1. The average molecular weight is 270 g/mol. The molecule has 0 aliphatic carbocycles. The number of rotatable bonds is 8. The van der Waals surface area contributed by atoms with Crippen molar-refractivity contribution in [2.24, 2.45) is 11.8 Å². The van der Waals surface area contributed by atoms with Gasteiger partial charge < -0.3 is 0 Å². The predicted octanol–water partition coefficient (Wildman–Crippen LogP) is 3.58. The van der Waals surface area contributed by atoms with Gasteiger partial charge in [-0.2, -0.15) is 0 Å². The van der Waals surface area contributed by atoms with Crippen molar-refractivity contribution >= 4 is 11.8 Å². The molecule has 0 radical (unpaired) electrons. The maximum atomic E-state index is 13.4. The summed E-state index contributed by atoms with van der Waals surface area (Å²) in [5.41, 5.74) is 2.82. The van der Waals surface area contributed by atoms with E-state index in [4.69, 9.17) is 5.84 Å². The average Bonchev–Trinajstić information content (AvgIpc) is 2.35. The summed E-state index contributed by atoms with van der Waals surface area (Å²) >= 11 is 1.52. The van der Waals surface area contributed by atoms with E-state index in [0.29, 0.717) is 4.90 Å². The first kappa shape index (κ1) is 15.5. The maximum Gasteiger partial charge on any atom is 0.136 e. The molecule has 102 valence electrons. The van der Waals surface area contributed by atoms with E-state index < -0.39 is 0 Å². The summed E-state index contributed by atoms with van der Waals surface area (Å²) in [6.45, 7) is 4.44. The smallest absolute Gasteiger partial charge is 0.136 e. The van der Waals surface area contributed by atoms with Crippen molar-refractivity contribution in [2.75, 3.05) is 5.75 Å². The highest BCUT2D eigenvalue weighted by molar-refractivity contribution is 7.99. The van der Waals surface area contributed by atoms with Crippen LogP contribution in [0.1, 0.15) is 33.1 Å². The van der Waals surface area contributed by atoms with Crippen LogP contribution in [0.3, 0.4) is 0 Å². The molecule has 1 rings (SSSR count). The Morgan fingerprint density at radius 2 is 2.00 bits per heavy atom. The first-order valence-electron chi connectivity index (χ1n) is 6.47. The SMILES string of the molecule is CC(C)CCCC(CSc1ccccc1F)NN. The third kappa shape index (κ3) is 5.85. The van der Waals surface area contributed by atoms with Gasteiger partial charge in [-0.3, -0.25) is 11.3 Å². The molecule has 1 aromatic rings. The van der Waals surface area contributed by atoms with Crippen LogP contribution in [0.15, 0.2) is 29.2 Å². The van der Waals surface area contributed by atoms with E-state index in [1.54, 1.807) is 6.07 Å². The van der Waals surface area contributed by atoms with Crippen molar-refractivity contribution in [2.45, 2.75) is 44.0 Å². The lowest BCUT2D eigenvalue weighted by molar-refractivity contribution is 0.469. The Labute approximate surface area is 113 Å². The number of hydrogen-bond acceptors (Lipinski definition) is 3. The zero-order valence-corrected chi connectivity index (χ0v) is 12.0. The van der Waals surface area contributed by atoms with E-state index in [9.17, 15) is 4.39 Å². The second-order valence-corrected chi connectivity index (χ2v) is 5.99. The van der Waals surface area contributed by atoms with Crippen LogP contribution in [0.5, 0.6) is 0 Å². The van der Waals surface area contributed by atoms with Crippen LogP contribution >= 0.6 is 11.8 Å². The molecule has 0 amide bonds. The molecule has 4 heteroatoms. The summed E-state index contributed by atoms with van der Waals surface area (Å²) in [5.74, 6) is 6.91.